The Balaban J connectivity index is 2.04. The van der Waals surface area contributed by atoms with E-state index in [1.807, 2.05) is 10.8 Å². The molecule has 0 bridgehead atoms. The number of aryl methyl sites for hydroxylation is 1. The highest BCUT2D eigenvalue weighted by Crippen LogP contribution is 1.93. The Morgan fingerprint density at radius 3 is 2.82 bits per heavy atom. The van der Waals surface area contributed by atoms with E-state index in [2.05, 4.69) is 10.3 Å². The van der Waals surface area contributed by atoms with Gasteiger partial charge in [0.2, 0.25) is 5.91 Å². The monoisotopic (exact) mass is 237 g/mol. The second kappa shape index (κ2) is 7.21. The van der Waals surface area contributed by atoms with Crippen molar-refractivity contribution in [2.75, 3.05) is 6.54 Å². The number of carboxylic acids is 1. The molecule has 17 heavy (non-hydrogen) atoms. The summed E-state index contributed by atoms with van der Waals surface area (Å²) in [5.74, 6) is -1.50. The Morgan fingerprint density at radius 2 is 2.18 bits per heavy atom. The van der Waals surface area contributed by atoms with Crippen LogP contribution >= 0.6 is 0 Å². The van der Waals surface area contributed by atoms with Crippen molar-refractivity contribution in [2.45, 2.75) is 19.4 Å². The molecule has 0 fully saturated rings. The van der Waals surface area contributed by atoms with Crippen molar-refractivity contribution in [3.05, 3.63) is 30.9 Å². The largest absolute Gasteiger partial charge is 0.478 e. The van der Waals surface area contributed by atoms with Crippen LogP contribution in [0.3, 0.4) is 0 Å². The summed E-state index contributed by atoms with van der Waals surface area (Å²) in [5, 5.41) is 10.9. The number of aromatic nitrogens is 2. The van der Waals surface area contributed by atoms with Gasteiger partial charge in [-0.25, -0.2) is 9.78 Å². The number of carbonyl (C=O) groups is 2. The molecule has 0 saturated carbocycles. The maximum atomic E-state index is 11.1. The van der Waals surface area contributed by atoms with Crippen molar-refractivity contribution >= 4 is 11.9 Å². The Morgan fingerprint density at radius 1 is 1.35 bits per heavy atom. The maximum absolute atomic E-state index is 11.1. The van der Waals surface area contributed by atoms with Crippen LogP contribution in [0.2, 0.25) is 0 Å². The third-order valence-electron chi connectivity index (χ3n) is 2.08. The molecule has 0 radical (unpaired) electrons. The highest BCUT2D eigenvalue weighted by Gasteiger charge is 1.96. The summed E-state index contributed by atoms with van der Waals surface area (Å²) in [5.41, 5.74) is 0. The molecule has 1 aromatic heterocycles. The number of carboxylic acid groups (broad SMARTS) is 1. The molecule has 0 spiro atoms. The van der Waals surface area contributed by atoms with Gasteiger partial charge < -0.3 is 15.0 Å². The lowest BCUT2D eigenvalue weighted by Crippen LogP contribution is -2.22. The van der Waals surface area contributed by atoms with Crippen LogP contribution in [0.1, 0.15) is 12.8 Å². The zero-order chi connectivity index (χ0) is 12.5. The van der Waals surface area contributed by atoms with Crippen LogP contribution in [0.4, 0.5) is 0 Å². The molecule has 1 amide bonds. The van der Waals surface area contributed by atoms with E-state index in [1.165, 1.54) is 0 Å². The van der Waals surface area contributed by atoms with Crippen molar-refractivity contribution < 1.29 is 14.7 Å². The molecule has 1 heterocycles. The highest BCUT2D eigenvalue weighted by atomic mass is 16.4. The number of imidazole rings is 1. The highest BCUT2D eigenvalue weighted by molar-refractivity contribution is 5.93. The molecule has 92 valence electrons. The minimum absolute atomic E-state index is 0.380. The fraction of sp³-hybridized carbons (Fsp3) is 0.364. The molecular formula is C11H15N3O3. The van der Waals surface area contributed by atoms with Gasteiger partial charge in [-0.1, -0.05) is 0 Å². The predicted octanol–water partition coefficient (Wildman–Crippen LogP) is 0.420. The number of amides is 1. The van der Waals surface area contributed by atoms with Gasteiger partial charge in [-0.2, -0.15) is 0 Å². The number of nitrogens with zero attached hydrogens (tertiary/aromatic N) is 2. The van der Waals surface area contributed by atoms with Crippen LogP contribution in [0.15, 0.2) is 30.9 Å². The third-order valence-corrected chi connectivity index (χ3v) is 2.08. The van der Waals surface area contributed by atoms with Gasteiger partial charge in [0.1, 0.15) is 0 Å². The second-order valence-corrected chi connectivity index (χ2v) is 3.47. The van der Waals surface area contributed by atoms with Crippen LogP contribution in [-0.4, -0.2) is 33.1 Å². The number of nitrogens with one attached hydrogen (secondary N) is 1. The first kappa shape index (κ1) is 13.0. The minimum atomic E-state index is -1.12. The van der Waals surface area contributed by atoms with Crippen molar-refractivity contribution in [3.8, 4) is 0 Å². The van der Waals surface area contributed by atoms with Gasteiger partial charge in [0.25, 0.3) is 0 Å². The van der Waals surface area contributed by atoms with E-state index in [4.69, 9.17) is 5.11 Å². The van der Waals surface area contributed by atoms with Gasteiger partial charge in [0.15, 0.2) is 0 Å². The third kappa shape index (κ3) is 6.14. The first-order chi connectivity index (χ1) is 8.18. The lowest BCUT2D eigenvalue weighted by Gasteiger charge is -2.03. The summed E-state index contributed by atoms with van der Waals surface area (Å²) in [4.78, 5) is 25.1. The van der Waals surface area contributed by atoms with Gasteiger partial charge in [-0.3, -0.25) is 4.79 Å². The summed E-state index contributed by atoms with van der Waals surface area (Å²) in [6, 6.07) is 0. The molecule has 1 aromatic rings. The number of rotatable bonds is 7. The van der Waals surface area contributed by atoms with Crippen LogP contribution in [-0.2, 0) is 16.1 Å². The van der Waals surface area contributed by atoms with E-state index in [0.717, 1.165) is 31.5 Å². The van der Waals surface area contributed by atoms with E-state index in [9.17, 15) is 9.59 Å². The van der Waals surface area contributed by atoms with Crippen molar-refractivity contribution in [3.63, 3.8) is 0 Å². The summed E-state index contributed by atoms with van der Waals surface area (Å²) in [6.45, 7) is 1.40. The Labute approximate surface area is 99.0 Å². The van der Waals surface area contributed by atoms with Gasteiger partial charge in [-0.05, 0) is 12.8 Å². The zero-order valence-corrected chi connectivity index (χ0v) is 9.37. The van der Waals surface area contributed by atoms with E-state index in [-0.39, 0.29) is 5.91 Å². The Bertz CT molecular complexity index is 385. The average molecular weight is 237 g/mol. The SMILES string of the molecule is O=C(O)C=CC(=O)NCCCCn1ccnc1. The molecule has 2 N–H and O–H groups in total. The van der Waals surface area contributed by atoms with Crippen LogP contribution in [0.25, 0.3) is 0 Å². The van der Waals surface area contributed by atoms with Crippen molar-refractivity contribution in [2.24, 2.45) is 0 Å². The molecule has 0 saturated heterocycles. The Kier molecular flexibility index (Phi) is 5.50. The molecular weight excluding hydrogens is 222 g/mol. The van der Waals surface area contributed by atoms with Gasteiger partial charge in [0, 0.05) is 37.6 Å². The van der Waals surface area contributed by atoms with E-state index < -0.39 is 5.97 Å². The van der Waals surface area contributed by atoms with E-state index >= 15 is 0 Å². The fourth-order valence-corrected chi connectivity index (χ4v) is 1.26. The number of hydrogen-bond acceptors (Lipinski definition) is 3. The second-order valence-electron chi connectivity index (χ2n) is 3.47. The quantitative estimate of drug-likeness (QED) is 0.531. The number of aliphatic carboxylic acids is 1. The molecule has 0 aromatic carbocycles. The fourth-order valence-electron chi connectivity index (χ4n) is 1.26. The predicted molar refractivity (Wildman–Crippen MR) is 61.2 cm³/mol. The molecule has 0 unspecified atom stereocenters. The van der Waals surface area contributed by atoms with Gasteiger partial charge >= 0.3 is 5.97 Å². The zero-order valence-electron chi connectivity index (χ0n) is 9.37. The Hall–Kier alpha value is -2.11. The standard InChI is InChI=1S/C11H15N3O3/c15-10(3-4-11(16)17)13-5-1-2-7-14-8-6-12-9-14/h3-4,6,8-9H,1-2,5,7H2,(H,13,15)(H,16,17). The summed E-state index contributed by atoms with van der Waals surface area (Å²) < 4.78 is 1.96. The number of hydrogen-bond donors (Lipinski definition) is 2. The molecule has 0 aliphatic carbocycles. The first-order valence-electron chi connectivity index (χ1n) is 5.33. The number of carbonyl (C=O) groups excluding carboxylic acids is 1. The van der Waals surface area contributed by atoms with Crippen molar-refractivity contribution in [1.82, 2.24) is 14.9 Å². The molecule has 0 atom stereocenters. The number of unbranched alkanes of at least 4 members (excludes halogenated alkanes) is 1. The smallest absolute Gasteiger partial charge is 0.328 e. The van der Waals surface area contributed by atoms with E-state index in [1.54, 1.807) is 12.5 Å². The van der Waals surface area contributed by atoms with Crippen LogP contribution in [0.5, 0.6) is 0 Å². The summed E-state index contributed by atoms with van der Waals surface area (Å²) in [7, 11) is 0. The molecule has 0 aliphatic heterocycles. The van der Waals surface area contributed by atoms with E-state index in [0.29, 0.717) is 6.54 Å². The van der Waals surface area contributed by atoms with Crippen LogP contribution < -0.4 is 5.32 Å². The first-order valence-corrected chi connectivity index (χ1v) is 5.33. The molecule has 6 heteroatoms. The van der Waals surface area contributed by atoms with Gasteiger partial charge in [0.05, 0.1) is 6.33 Å². The van der Waals surface area contributed by atoms with Gasteiger partial charge in [-0.15, -0.1) is 0 Å². The lowest BCUT2D eigenvalue weighted by molar-refractivity contribution is -0.131. The molecule has 1 rings (SSSR count). The minimum Gasteiger partial charge on any atom is -0.478 e. The summed E-state index contributed by atoms with van der Waals surface area (Å²) >= 11 is 0. The summed E-state index contributed by atoms with van der Waals surface area (Å²) in [6.07, 6.45) is 8.95. The van der Waals surface area contributed by atoms with Crippen molar-refractivity contribution in [1.29, 1.82) is 0 Å². The maximum Gasteiger partial charge on any atom is 0.328 e. The average Bonchev–Trinajstić information content (AvgIpc) is 2.79. The molecule has 0 aliphatic rings. The van der Waals surface area contributed by atoms with Crippen LogP contribution in [0, 0.1) is 0 Å². The normalized spacial score (nSPS) is 10.6. The lowest BCUT2D eigenvalue weighted by atomic mass is 10.3. The topological polar surface area (TPSA) is 84.2 Å². The molecule has 6 nitrogen and oxygen atoms in total.